The van der Waals surface area contributed by atoms with Crippen molar-refractivity contribution in [1.82, 2.24) is 4.98 Å². The lowest BCUT2D eigenvalue weighted by Gasteiger charge is -2.02. The van der Waals surface area contributed by atoms with Gasteiger partial charge in [0.25, 0.3) is 11.4 Å². The van der Waals surface area contributed by atoms with Crippen molar-refractivity contribution in [3.05, 3.63) is 73.7 Å². The number of non-ortho nitro benzene ring substituents is 2. The van der Waals surface area contributed by atoms with E-state index in [9.17, 15) is 25.5 Å². The highest BCUT2D eigenvalue weighted by atomic mass is 35.5. The summed E-state index contributed by atoms with van der Waals surface area (Å²) in [6.07, 6.45) is 1.19. The van der Waals surface area contributed by atoms with Crippen LogP contribution in [0.15, 0.2) is 47.0 Å². The van der Waals surface area contributed by atoms with E-state index in [0.717, 1.165) is 18.2 Å². The van der Waals surface area contributed by atoms with Crippen LogP contribution in [0.1, 0.15) is 5.89 Å². The average molecular weight is 386 g/mol. The fourth-order valence-electron chi connectivity index (χ4n) is 2.20. The molecule has 3 aromatic rings. The minimum atomic E-state index is -0.752. The molecule has 0 unspecified atom stereocenters. The summed E-state index contributed by atoms with van der Waals surface area (Å²) in [5.74, 6) is 0.00203. The van der Waals surface area contributed by atoms with E-state index in [0.29, 0.717) is 16.1 Å². The number of halogens is 1. The third-order valence-electron chi connectivity index (χ3n) is 3.41. The number of allylic oxidation sites excluding steroid dienone is 1. The second-order valence-electron chi connectivity index (χ2n) is 5.20. The van der Waals surface area contributed by atoms with Gasteiger partial charge in [-0.1, -0.05) is 11.6 Å². The van der Waals surface area contributed by atoms with Gasteiger partial charge in [-0.25, -0.2) is 4.98 Å². The summed E-state index contributed by atoms with van der Waals surface area (Å²) in [5, 5.41) is 34.2. The van der Waals surface area contributed by atoms with Crippen molar-refractivity contribution in [2.24, 2.45) is 0 Å². The molecule has 0 spiro atoms. The molecular weight excluding hydrogens is 378 g/mol. The SMILES string of the molecule is N#C/C(=C\Nc1cc([N+](=O)[O-])cc([N+](=O)[O-])c1)c1nc2cc(Cl)ccc2o1. The van der Waals surface area contributed by atoms with Gasteiger partial charge in [-0.15, -0.1) is 0 Å². The molecule has 0 radical (unpaired) electrons. The molecule has 0 aliphatic heterocycles. The fraction of sp³-hybridized carbons (Fsp3) is 0. The van der Waals surface area contributed by atoms with Crippen molar-refractivity contribution >= 4 is 45.3 Å². The van der Waals surface area contributed by atoms with Gasteiger partial charge in [0.1, 0.15) is 17.2 Å². The molecule has 0 atom stereocenters. The number of hydrogen-bond acceptors (Lipinski definition) is 8. The van der Waals surface area contributed by atoms with Gasteiger partial charge in [0.15, 0.2) is 5.58 Å². The van der Waals surface area contributed by atoms with Crippen LogP contribution in [-0.4, -0.2) is 14.8 Å². The van der Waals surface area contributed by atoms with E-state index in [1.54, 1.807) is 18.2 Å². The maximum absolute atomic E-state index is 10.9. The molecule has 1 N–H and O–H groups in total. The van der Waals surface area contributed by atoms with Gasteiger partial charge in [0.05, 0.1) is 21.6 Å². The molecule has 3 rings (SSSR count). The molecule has 1 aromatic heterocycles. The lowest BCUT2D eigenvalue weighted by molar-refractivity contribution is -0.394. The van der Waals surface area contributed by atoms with E-state index in [4.69, 9.17) is 16.0 Å². The largest absolute Gasteiger partial charge is 0.435 e. The van der Waals surface area contributed by atoms with Gasteiger partial charge in [-0.05, 0) is 18.2 Å². The first-order valence-electron chi connectivity index (χ1n) is 7.24. The lowest BCUT2D eigenvalue weighted by atomic mass is 10.2. The number of hydrogen-bond donors (Lipinski definition) is 1. The highest BCUT2D eigenvalue weighted by Crippen LogP contribution is 2.27. The van der Waals surface area contributed by atoms with Crippen molar-refractivity contribution in [1.29, 1.82) is 5.26 Å². The number of benzene rings is 2. The van der Waals surface area contributed by atoms with E-state index in [1.165, 1.54) is 6.20 Å². The number of fused-ring (bicyclic) bond motifs is 1. The van der Waals surface area contributed by atoms with E-state index in [2.05, 4.69) is 10.3 Å². The summed E-state index contributed by atoms with van der Waals surface area (Å²) in [6, 6.07) is 9.69. The lowest BCUT2D eigenvalue weighted by Crippen LogP contribution is -1.97. The highest BCUT2D eigenvalue weighted by Gasteiger charge is 2.17. The minimum Gasteiger partial charge on any atom is -0.435 e. The Labute approximate surface area is 155 Å². The Bertz CT molecular complexity index is 1120. The summed E-state index contributed by atoms with van der Waals surface area (Å²) < 4.78 is 5.47. The molecule has 2 aromatic carbocycles. The summed E-state index contributed by atoms with van der Waals surface area (Å²) in [6.45, 7) is 0. The molecule has 1 heterocycles. The van der Waals surface area contributed by atoms with Crippen LogP contribution in [0.4, 0.5) is 17.1 Å². The summed E-state index contributed by atoms with van der Waals surface area (Å²) in [7, 11) is 0. The Kier molecular flexibility index (Phi) is 4.69. The Morgan fingerprint density at radius 3 is 2.44 bits per heavy atom. The molecule has 0 amide bonds. The van der Waals surface area contributed by atoms with Crippen molar-refractivity contribution in [2.75, 3.05) is 5.32 Å². The first-order chi connectivity index (χ1) is 12.9. The second kappa shape index (κ2) is 7.11. The van der Waals surface area contributed by atoms with Gasteiger partial charge < -0.3 is 9.73 Å². The molecular formula is C16H8ClN5O5. The fourth-order valence-corrected chi connectivity index (χ4v) is 2.37. The monoisotopic (exact) mass is 385 g/mol. The number of nitrogens with one attached hydrogen (secondary N) is 1. The molecule has 27 heavy (non-hydrogen) atoms. The van der Waals surface area contributed by atoms with Crippen molar-refractivity contribution in [3.8, 4) is 6.07 Å². The van der Waals surface area contributed by atoms with Crippen LogP contribution >= 0.6 is 11.6 Å². The number of nitrogens with zero attached hydrogens (tertiary/aromatic N) is 4. The number of nitro benzene ring substituents is 2. The van der Waals surface area contributed by atoms with Crippen molar-refractivity contribution < 1.29 is 14.3 Å². The Morgan fingerprint density at radius 2 is 1.85 bits per heavy atom. The predicted molar refractivity (Wildman–Crippen MR) is 96.0 cm³/mol. The van der Waals surface area contributed by atoms with E-state index >= 15 is 0 Å². The zero-order valence-electron chi connectivity index (χ0n) is 13.2. The van der Waals surface area contributed by atoms with Gasteiger partial charge in [0.2, 0.25) is 5.89 Å². The Balaban J connectivity index is 1.96. The van der Waals surface area contributed by atoms with Crippen LogP contribution in [-0.2, 0) is 0 Å². The third-order valence-corrected chi connectivity index (χ3v) is 3.64. The van der Waals surface area contributed by atoms with Crippen molar-refractivity contribution in [3.63, 3.8) is 0 Å². The standard InChI is InChI=1S/C16H8ClN5O5/c17-10-1-2-15-14(3-10)20-16(27-15)9(7-18)8-19-11-4-12(21(23)24)6-13(5-11)22(25)26/h1-6,8,19H/b9-8+. The third kappa shape index (κ3) is 3.83. The van der Waals surface area contributed by atoms with Gasteiger partial charge in [-0.2, -0.15) is 5.26 Å². The molecule has 0 bridgehead atoms. The van der Waals surface area contributed by atoms with Crippen LogP contribution in [0.5, 0.6) is 0 Å². The Morgan fingerprint density at radius 1 is 1.19 bits per heavy atom. The van der Waals surface area contributed by atoms with E-state index < -0.39 is 21.2 Å². The predicted octanol–water partition coefficient (Wildman–Crippen LogP) is 4.27. The number of oxazole rings is 1. The maximum atomic E-state index is 10.9. The maximum Gasteiger partial charge on any atom is 0.278 e. The Hall–Kier alpha value is -3.97. The highest BCUT2D eigenvalue weighted by molar-refractivity contribution is 6.31. The van der Waals surface area contributed by atoms with Crippen LogP contribution in [0.3, 0.4) is 0 Å². The first-order valence-corrected chi connectivity index (χ1v) is 7.62. The van der Waals surface area contributed by atoms with Crippen LogP contribution < -0.4 is 5.32 Å². The summed E-state index contributed by atoms with van der Waals surface area (Å²) >= 11 is 5.88. The molecule has 0 saturated carbocycles. The zero-order chi connectivity index (χ0) is 19.6. The summed E-state index contributed by atoms with van der Waals surface area (Å²) in [4.78, 5) is 24.5. The topological polar surface area (TPSA) is 148 Å². The van der Waals surface area contributed by atoms with Crippen LogP contribution in [0, 0.1) is 31.6 Å². The molecule has 0 aliphatic rings. The van der Waals surface area contributed by atoms with Crippen molar-refractivity contribution in [2.45, 2.75) is 0 Å². The number of nitriles is 1. The molecule has 0 aliphatic carbocycles. The van der Waals surface area contributed by atoms with E-state index in [-0.39, 0.29) is 17.2 Å². The number of anilines is 1. The molecule has 10 nitrogen and oxygen atoms in total. The minimum absolute atomic E-state index is 0.00203. The smallest absolute Gasteiger partial charge is 0.278 e. The molecule has 11 heteroatoms. The zero-order valence-corrected chi connectivity index (χ0v) is 14.0. The van der Waals surface area contributed by atoms with Crippen LogP contribution in [0.25, 0.3) is 16.7 Å². The van der Waals surface area contributed by atoms with Gasteiger partial charge in [0, 0.05) is 23.4 Å². The van der Waals surface area contributed by atoms with E-state index in [1.807, 2.05) is 6.07 Å². The van der Waals surface area contributed by atoms with Gasteiger partial charge >= 0.3 is 0 Å². The number of nitro groups is 2. The molecule has 0 saturated heterocycles. The van der Waals surface area contributed by atoms with Gasteiger partial charge in [-0.3, -0.25) is 20.2 Å². The average Bonchev–Trinajstić information content (AvgIpc) is 3.04. The van der Waals surface area contributed by atoms with Crippen LogP contribution in [0.2, 0.25) is 5.02 Å². The number of rotatable bonds is 5. The molecule has 134 valence electrons. The quantitative estimate of drug-likeness (QED) is 0.388. The first kappa shape index (κ1) is 17.8. The summed E-state index contributed by atoms with van der Waals surface area (Å²) in [5.41, 5.74) is -0.0179. The normalized spacial score (nSPS) is 11.2. The second-order valence-corrected chi connectivity index (χ2v) is 5.63. The number of aromatic nitrogens is 1. The molecule has 0 fully saturated rings.